The molecule has 7 nitrogen and oxygen atoms in total. The van der Waals surface area contributed by atoms with Crippen molar-refractivity contribution in [2.45, 2.75) is 13.5 Å². The van der Waals surface area contributed by atoms with Crippen LogP contribution in [0, 0.1) is 6.92 Å². The van der Waals surface area contributed by atoms with Crippen LogP contribution >= 0.6 is 11.3 Å². The first-order valence-electron chi connectivity index (χ1n) is 8.58. The SMILES string of the molecule is COCCN(CC(=O)Nc1cccc(C)c1)Cc1nnc(-c2cccs2)o1. The van der Waals surface area contributed by atoms with E-state index in [0.29, 0.717) is 31.5 Å². The predicted octanol–water partition coefficient (Wildman–Crippen LogP) is 3.19. The van der Waals surface area contributed by atoms with Gasteiger partial charge in [-0.1, -0.05) is 18.2 Å². The molecule has 0 aliphatic heterocycles. The molecule has 0 aliphatic rings. The van der Waals surface area contributed by atoms with Crippen molar-refractivity contribution < 1.29 is 13.9 Å². The molecule has 142 valence electrons. The van der Waals surface area contributed by atoms with Crippen molar-refractivity contribution in [2.24, 2.45) is 0 Å². The molecule has 3 rings (SSSR count). The Bertz CT molecular complexity index is 863. The van der Waals surface area contributed by atoms with Crippen LogP contribution in [-0.4, -0.2) is 47.8 Å². The van der Waals surface area contributed by atoms with E-state index in [2.05, 4.69) is 15.5 Å². The van der Waals surface area contributed by atoms with E-state index in [-0.39, 0.29) is 12.5 Å². The van der Waals surface area contributed by atoms with Gasteiger partial charge in [-0.3, -0.25) is 9.69 Å². The number of thiophene rings is 1. The Morgan fingerprint density at radius 1 is 1.30 bits per heavy atom. The highest BCUT2D eigenvalue weighted by molar-refractivity contribution is 7.13. The van der Waals surface area contributed by atoms with E-state index in [1.807, 2.05) is 53.6 Å². The smallest absolute Gasteiger partial charge is 0.257 e. The maximum Gasteiger partial charge on any atom is 0.257 e. The maximum absolute atomic E-state index is 12.4. The number of nitrogens with one attached hydrogen (secondary N) is 1. The van der Waals surface area contributed by atoms with Gasteiger partial charge in [0.25, 0.3) is 5.89 Å². The second kappa shape index (κ2) is 9.40. The number of amides is 1. The van der Waals surface area contributed by atoms with E-state index in [0.717, 1.165) is 16.1 Å². The number of nitrogens with zero attached hydrogens (tertiary/aromatic N) is 3. The zero-order valence-corrected chi connectivity index (χ0v) is 16.2. The number of hydrogen-bond donors (Lipinski definition) is 1. The fraction of sp³-hybridized carbons (Fsp3) is 0.316. The summed E-state index contributed by atoms with van der Waals surface area (Å²) in [5.41, 5.74) is 1.88. The molecule has 0 saturated carbocycles. The van der Waals surface area contributed by atoms with Crippen LogP contribution in [0.5, 0.6) is 0 Å². The van der Waals surface area contributed by atoms with Crippen molar-refractivity contribution in [3.63, 3.8) is 0 Å². The molecule has 0 spiro atoms. The average molecular weight is 386 g/mol. The van der Waals surface area contributed by atoms with Gasteiger partial charge in [0, 0.05) is 19.3 Å². The number of methoxy groups -OCH3 is 1. The molecule has 1 amide bonds. The lowest BCUT2D eigenvalue weighted by Crippen LogP contribution is -2.35. The number of anilines is 1. The molecule has 0 unspecified atom stereocenters. The van der Waals surface area contributed by atoms with Crippen LogP contribution in [0.15, 0.2) is 46.2 Å². The summed E-state index contributed by atoms with van der Waals surface area (Å²) >= 11 is 1.54. The number of rotatable bonds is 9. The molecule has 1 N–H and O–H groups in total. The molecule has 3 aromatic rings. The van der Waals surface area contributed by atoms with Gasteiger partial charge in [-0.2, -0.15) is 0 Å². The van der Waals surface area contributed by atoms with Gasteiger partial charge < -0.3 is 14.5 Å². The highest BCUT2D eigenvalue weighted by atomic mass is 32.1. The molecular formula is C19H22N4O3S. The third kappa shape index (κ3) is 5.72. The molecule has 0 bridgehead atoms. The Labute approximate surface area is 162 Å². The lowest BCUT2D eigenvalue weighted by Gasteiger charge is -2.19. The summed E-state index contributed by atoms with van der Waals surface area (Å²) in [6.45, 7) is 3.65. The van der Waals surface area contributed by atoms with Gasteiger partial charge in [-0.15, -0.1) is 21.5 Å². The van der Waals surface area contributed by atoms with Crippen molar-refractivity contribution in [2.75, 3.05) is 32.1 Å². The van der Waals surface area contributed by atoms with Gasteiger partial charge in [0.2, 0.25) is 11.8 Å². The molecule has 0 fully saturated rings. The minimum atomic E-state index is -0.102. The van der Waals surface area contributed by atoms with Crippen molar-refractivity contribution >= 4 is 22.9 Å². The molecule has 0 radical (unpaired) electrons. The summed E-state index contributed by atoms with van der Waals surface area (Å²) in [6.07, 6.45) is 0. The van der Waals surface area contributed by atoms with E-state index >= 15 is 0 Å². The van der Waals surface area contributed by atoms with Crippen LogP contribution in [0.4, 0.5) is 5.69 Å². The minimum absolute atomic E-state index is 0.102. The van der Waals surface area contributed by atoms with E-state index in [9.17, 15) is 4.79 Å². The van der Waals surface area contributed by atoms with E-state index in [1.165, 1.54) is 0 Å². The average Bonchev–Trinajstić information content (AvgIpc) is 3.31. The number of carbonyl (C=O) groups is 1. The third-order valence-corrected chi connectivity index (χ3v) is 4.70. The molecule has 0 aliphatic carbocycles. The Morgan fingerprint density at radius 3 is 2.93 bits per heavy atom. The second-order valence-electron chi connectivity index (χ2n) is 6.10. The molecule has 27 heavy (non-hydrogen) atoms. The standard InChI is InChI=1S/C19H22N4O3S/c1-14-5-3-6-15(11-14)20-17(24)12-23(8-9-25-2)13-18-21-22-19(26-18)16-7-4-10-27-16/h3-7,10-11H,8-9,12-13H2,1-2H3,(H,20,24). The first kappa shape index (κ1) is 19.2. The third-order valence-electron chi connectivity index (χ3n) is 3.84. The zero-order chi connectivity index (χ0) is 19.1. The predicted molar refractivity (Wildman–Crippen MR) is 105 cm³/mol. The van der Waals surface area contributed by atoms with Gasteiger partial charge >= 0.3 is 0 Å². The van der Waals surface area contributed by atoms with Crippen LogP contribution < -0.4 is 5.32 Å². The summed E-state index contributed by atoms with van der Waals surface area (Å²) in [6, 6.07) is 11.6. The van der Waals surface area contributed by atoms with Crippen molar-refractivity contribution in [1.29, 1.82) is 0 Å². The molecule has 2 aromatic heterocycles. The van der Waals surface area contributed by atoms with E-state index < -0.39 is 0 Å². The Hall–Kier alpha value is -2.55. The summed E-state index contributed by atoms with van der Waals surface area (Å²) in [5.74, 6) is 0.864. The minimum Gasteiger partial charge on any atom is -0.419 e. The van der Waals surface area contributed by atoms with Crippen molar-refractivity contribution in [3.8, 4) is 10.8 Å². The Balaban J connectivity index is 1.62. The normalized spacial score (nSPS) is 11.1. The summed E-state index contributed by atoms with van der Waals surface area (Å²) in [7, 11) is 1.63. The number of benzene rings is 1. The topological polar surface area (TPSA) is 80.5 Å². The van der Waals surface area contributed by atoms with Crippen LogP contribution in [0.25, 0.3) is 10.8 Å². The molecular weight excluding hydrogens is 364 g/mol. The van der Waals surface area contributed by atoms with E-state index in [1.54, 1.807) is 18.4 Å². The monoisotopic (exact) mass is 386 g/mol. The number of carbonyl (C=O) groups excluding carboxylic acids is 1. The molecule has 1 aromatic carbocycles. The van der Waals surface area contributed by atoms with Gasteiger partial charge in [-0.05, 0) is 36.1 Å². The fourth-order valence-corrected chi connectivity index (χ4v) is 3.21. The zero-order valence-electron chi connectivity index (χ0n) is 15.3. The highest BCUT2D eigenvalue weighted by Crippen LogP contribution is 2.23. The second-order valence-corrected chi connectivity index (χ2v) is 7.05. The fourth-order valence-electron chi connectivity index (χ4n) is 2.57. The van der Waals surface area contributed by atoms with Crippen molar-refractivity contribution in [3.05, 3.63) is 53.2 Å². The van der Waals surface area contributed by atoms with Crippen LogP contribution in [0.3, 0.4) is 0 Å². The Morgan fingerprint density at radius 2 is 2.19 bits per heavy atom. The van der Waals surface area contributed by atoms with Gasteiger partial charge in [-0.25, -0.2) is 0 Å². The number of hydrogen-bond acceptors (Lipinski definition) is 7. The first-order chi connectivity index (χ1) is 13.1. The van der Waals surface area contributed by atoms with Crippen LogP contribution in [0.2, 0.25) is 0 Å². The summed E-state index contributed by atoms with van der Waals surface area (Å²) < 4.78 is 10.9. The number of aryl methyl sites for hydroxylation is 1. The first-order valence-corrected chi connectivity index (χ1v) is 9.46. The van der Waals surface area contributed by atoms with E-state index in [4.69, 9.17) is 9.15 Å². The maximum atomic E-state index is 12.4. The van der Waals surface area contributed by atoms with Crippen LogP contribution in [-0.2, 0) is 16.1 Å². The van der Waals surface area contributed by atoms with Gasteiger partial charge in [0.1, 0.15) is 0 Å². The summed E-state index contributed by atoms with van der Waals surface area (Å²) in [4.78, 5) is 15.3. The van der Waals surface area contributed by atoms with Crippen LogP contribution in [0.1, 0.15) is 11.5 Å². The largest absolute Gasteiger partial charge is 0.419 e. The quantitative estimate of drug-likeness (QED) is 0.608. The summed E-state index contributed by atoms with van der Waals surface area (Å²) in [5, 5.41) is 13.1. The molecule has 0 atom stereocenters. The Kier molecular flexibility index (Phi) is 6.69. The van der Waals surface area contributed by atoms with Gasteiger partial charge in [0.15, 0.2) is 0 Å². The lowest BCUT2D eigenvalue weighted by atomic mass is 10.2. The lowest BCUT2D eigenvalue weighted by molar-refractivity contribution is -0.117. The van der Waals surface area contributed by atoms with Crippen molar-refractivity contribution in [1.82, 2.24) is 15.1 Å². The number of aromatic nitrogens is 2. The number of ether oxygens (including phenoxy) is 1. The molecule has 2 heterocycles. The van der Waals surface area contributed by atoms with Gasteiger partial charge in [0.05, 0.1) is 24.6 Å². The molecule has 8 heteroatoms. The highest BCUT2D eigenvalue weighted by Gasteiger charge is 2.16. The molecule has 0 saturated heterocycles.